The number of likely N-dealkylation sites (tertiary alicyclic amines) is 1. The number of phenolic OH excluding ortho intramolecular Hbond substituents is 1. The third-order valence-corrected chi connectivity index (χ3v) is 4.95. The van der Waals surface area contributed by atoms with Crippen LogP contribution in [0.2, 0.25) is 0 Å². The lowest BCUT2D eigenvalue weighted by Gasteiger charge is -2.30. The second-order valence-corrected chi connectivity index (χ2v) is 6.88. The third kappa shape index (κ3) is 3.27. The van der Waals surface area contributed by atoms with Gasteiger partial charge in [0.2, 0.25) is 0 Å². The Morgan fingerprint density at radius 2 is 2.15 bits per heavy atom. The van der Waals surface area contributed by atoms with Gasteiger partial charge >= 0.3 is 0 Å². The number of nitrogens with zero attached hydrogens (tertiary/aromatic N) is 5. The summed E-state index contributed by atoms with van der Waals surface area (Å²) >= 11 is 0. The first kappa shape index (κ1) is 17.2. The Kier molecular flexibility index (Phi) is 4.57. The van der Waals surface area contributed by atoms with E-state index < -0.39 is 0 Å². The lowest BCUT2D eigenvalue weighted by atomic mass is 10.00. The van der Waals surface area contributed by atoms with Crippen LogP contribution in [0, 0.1) is 11.3 Å². The summed E-state index contributed by atoms with van der Waals surface area (Å²) in [6.45, 7) is 2.05. The molecule has 2 N–H and O–H groups in total. The number of rotatable bonds is 3. The molecule has 3 heterocycles. The van der Waals surface area contributed by atoms with Gasteiger partial charge in [0, 0.05) is 35.8 Å². The van der Waals surface area contributed by atoms with Crippen molar-refractivity contribution in [2.75, 3.05) is 25.5 Å². The molecule has 7 heteroatoms. The van der Waals surface area contributed by atoms with Crippen molar-refractivity contribution < 1.29 is 5.11 Å². The first-order chi connectivity index (χ1) is 13.2. The van der Waals surface area contributed by atoms with Crippen molar-refractivity contribution in [2.24, 2.45) is 0 Å². The molecule has 1 aliphatic heterocycles. The van der Waals surface area contributed by atoms with Crippen LogP contribution in [0.1, 0.15) is 18.4 Å². The molecular weight excluding hydrogens is 340 g/mol. The first-order valence-corrected chi connectivity index (χ1v) is 8.95. The number of hydrogen-bond donors (Lipinski definition) is 2. The number of pyridine rings is 1. The molecule has 1 fully saturated rings. The van der Waals surface area contributed by atoms with Gasteiger partial charge in [-0.1, -0.05) is 6.07 Å². The standard InChI is InChI=1S/C20H20N6O/c1-26-9-3-5-14(12-26)23-20-16-11-22-8-7-15(16)19(24-25-20)18-13(10-21)4-2-6-17(18)27/h2,4,6-8,11,14,27H,3,5,9,12H2,1H3,(H,23,25)/t14-/m1/s1. The lowest BCUT2D eigenvalue weighted by Crippen LogP contribution is -2.40. The molecule has 0 amide bonds. The summed E-state index contributed by atoms with van der Waals surface area (Å²) in [6, 6.07) is 9.11. The Labute approximate surface area is 157 Å². The van der Waals surface area contributed by atoms with Crippen molar-refractivity contribution in [1.29, 1.82) is 5.26 Å². The molecule has 136 valence electrons. The number of phenols is 1. The molecule has 0 saturated carbocycles. The van der Waals surface area contributed by atoms with Gasteiger partial charge in [0.05, 0.1) is 17.2 Å². The zero-order valence-corrected chi connectivity index (χ0v) is 15.1. The van der Waals surface area contributed by atoms with E-state index in [-0.39, 0.29) is 5.75 Å². The van der Waals surface area contributed by atoms with Crippen LogP contribution in [-0.4, -0.2) is 51.4 Å². The molecular formula is C20H20N6O. The number of hydrogen-bond acceptors (Lipinski definition) is 7. The molecule has 3 aromatic rings. The largest absolute Gasteiger partial charge is 0.507 e. The maximum atomic E-state index is 10.3. The van der Waals surface area contributed by atoms with Crippen LogP contribution in [0.3, 0.4) is 0 Å². The number of aromatic hydroxyl groups is 1. The van der Waals surface area contributed by atoms with E-state index in [2.05, 4.69) is 38.5 Å². The number of aromatic nitrogens is 3. The van der Waals surface area contributed by atoms with Gasteiger partial charge in [-0.05, 0) is 44.6 Å². The minimum Gasteiger partial charge on any atom is -0.507 e. The molecule has 1 aromatic carbocycles. The fourth-order valence-corrected chi connectivity index (χ4v) is 3.65. The second-order valence-electron chi connectivity index (χ2n) is 6.88. The molecule has 0 aliphatic carbocycles. The van der Waals surface area contributed by atoms with E-state index in [9.17, 15) is 10.4 Å². The van der Waals surface area contributed by atoms with Crippen LogP contribution >= 0.6 is 0 Å². The highest BCUT2D eigenvalue weighted by Gasteiger charge is 2.21. The normalized spacial score (nSPS) is 17.6. The van der Waals surface area contributed by atoms with Gasteiger partial charge in [-0.15, -0.1) is 10.2 Å². The van der Waals surface area contributed by atoms with Gasteiger partial charge < -0.3 is 15.3 Å². The smallest absolute Gasteiger partial charge is 0.158 e. The van der Waals surface area contributed by atoms with Crippen molar-refractivity contribution in [3.8, 4) is 23.1 Å². The summed E-state index contributed by atoms with van der Waals surface area (Å²) in [6.07, 6.45) is 5.64. The second kappa shape index (κ2) is 7.17. The summed E-state index contributed by atoms with van der Waals surface area (Å²) in [4.78, 5) is 6.53. The van der Waals surface area contributed by atoms with E-state index in [0.717, 1.165) is 36.7 Å². The molecule has 27 heavy (non-hydrogen) atoms. The van der Waals surface area contributed by atoms with E-state index in [1.165, 1.54) is 0 Å². The van der Waals surface area contributed by atoms with E-state index in [0.29, 0.717) is 28.7 Å². The maximum absolute atomic E-state index is 10.3. The van der Waals surface area contributed by atoms with Gasteiger partial charge in [0.1, 0.15) is 11.4 Å². The number of nitrogens with one attached hydrogen (secondary N) is 1. The molecule has 7 nitrogen and oxygen atoms in total. The zero-order valence-electron chi connectivity index (χ0n) is 15.1. The molecule has 0 unspecified atom stereocenters. The monoisotopic (exact) mass is 360 g/mol. The Balaban J connectivity index is 1.81. The lowest BCUT2D eigenvalue weighted by molar-refractivity contribution is 0.261. The van der Waals surface area contributed by atoms with Crippen LogP contribution in [0.4, 0.5) is 5.82 Å². The van der Waals surface area contributed by atoms with Gasteiger partial charge in [0.15, 0.2) is 5.82 Å². The highest BCUT2D eigenvalue weighted by molar-refractivity contribution is 6.01. The number of anilines is 1. The summed E-state index contributed by atoms with van der Waals surface area (Å²) in [5.74, 6) is 0.687. The van der Waals surface area contributed by atoms with Crippen molar-refractivity contribution in [3.63, 3.8) is 0 Å². The Morgan fingerprint density at radius 3 is 2.96 bits per heavy atom. The fraction of sp³-hybridized carbons (Fsp3) is 0.300. The molecule has 1 atom stereocenters. The summed E-state index contributed by atoms with van der Waals surface area (Å²) < 4.78 is 0. The van der Waals surface area contributed by atoms with Crippen LogP contribution < -0.4 is 5.32 Å². The van der Waals surface area contributed by atoms with Gasteiger partial charge in [0.25, 0.3) is 0 Å². The third-order valence-electron chi connectivity index (χ3n) is 4.95. The van der Waals surface area contributed by atoms with Gasteiger partial charge in [-0.2, -0.15) is 5.26 Å². The van der Waals surface area contributed by atoms with Crippen molar-refractivity contribution in [3.05, 3.63) is 42.2 Å². The molecule has 2 aromatic heterocycles. The number of nitriles is 1. The predicted molar refractivity (Wildman–Crippen MR) is 103 cm³/mol. The minimum absolute atomic E-state index is 0.0103. The first-order valence-electron chi connectivity index (χ1n) is 8.95. The van der Waals surface area contributed by atoms with Crippen LogP contribution in [-0.2, 0) is 0 Å². The number of piperidine rings is 1. The zero-order chi connectivity index (χ0) is 18.8. The van der Waals surface area contributed by atoms with Crippen LogP contribution in [0.5, 0.6) is 5.75 Å². The number of fused-ring (bicyclic) bond motifs is 1. The van der Waals surface area contributed by atoms with E-state index in [1.807, 2.05) is 6.07 Å². The van der Waals surface area contributed by atoms with E-state index >= 15 is 0 Å². The Hall–Kier alpha value is -3.24. The number of benzene rings is 1. The number of likely N-dealkylation sites (N-methyl/N-ethyl adjacent to an activating group) is 1. The molecule has 0 bridgehead atoms. The SMILES string of the molecule is CN1CCC[C@@H](Nc2nnc(-c3c(O)cccc3C#N)c3ccncc23)C1. The van der Waals surface area contributed by atoms with Crippen LogP contribution in [0.15, 0.2) is 36.7 Å². The maximum Gasteiger partial charge on any atom is 0.158 e. The molecule has 0 spiro atoms. The summed E-state index contributed by atoms with van der Waals surface area (Å²) in [5.41, 5.74) is 1.23. The van der Waals surface area contributed by atoms with Crippen molar-refractivity contribution >= 4 is 16.6 Å². The van der Waals surface area contributed by atoms with E-state index in [1.54, 1.807) is 30.6 Å². The summed E-state index contributed by atoms with van der Waals surface area (Å²) in [5, 5.41) is 33.6. The highest BCUT2D eigenvalue weighted by atomic mass is 16.3. The predicted octanol–water partition coefficient (Wildman–Crippen LogP) is 2.78. The van der Waals surface area contributed by atoms with Crippen molar-refractivity contribution in [1.82, 2.24) is 20.1 Å². The minimum atomic E-state index is 0.0103. The molecule has 4 rings (SSSR count). The van der Waals surface area contributed by atoms with Crippen molar-refractivity contribution in [2.45, 2.75) is 18.9 Å². The average molecular weight is 360 g/mol. The molecule has 1 saturated heterocycles. The Bertz CT molecular complexity index is 1030. The quantitative estimate of drug-likeness (QED) is 0.741. The summed E-state index contributed by atoms with van der Waals surface area (Å²) in [7, 11) is 2.11. The van der Waals surface area contributed by atoms with E-state index in [4.69, 9.17) is 0 Å². The molecule has 1 aliphatic rings. The van der Waals surface area contributed by atoms with Crippen LogP contribution in [0.25, 0.3) is 22.0 Å². The topological polar surface area (TPSA) is 98.0 Å². The van der Waals surface area contributed by atoms with Gasteiger partial charge in [-0.25, -0.2) is 0 Å². The molecule has 0 radical (unpaired) electrons. The average Bonchev–Trinajstić information content (AvgIpc) is 2.68. The highest BCUT2D eigenvalue weighted by Crippen LogP contribution is 2.36. The Morgan fingerprint density at radius 1 is 1.26 bits per heavy atom. The van der Waals surface area contributed by atoms with Gasteiger partial charge in [-0.3, -0.25) is 4.98 Å². The fourth-order valence-electron chi connectivity index (χ4n) is 3.65.